The maximum atomic E-state index is 12.1. The van der Waals surface area contributed by atoms with Gasteiger partial charge in [-0.1, -0.05) is 50.5 Å². The summed E-state index contributed by atoms with van der Waals surface area (Å²) in [7, 11) is 1.85. The summed E-state index contributed by atoms with van der Waals surface area (Å²) in [6.07, 6.45) is 4.68. The number of hydrogen-bond acceptors (Lipinski definition) is 1. The van der Waals surface area contributed by atoms with Gasteiger partial charge in [0.1, 0.15) is 0 Å². The van der Waals surface area contributed by atoms with Gasteiger partial charge in [0, 0.05) is 19.6 Å². The molecule has 0 bridgehead atoms. The molecule has 0 aromatic heterocycles. The van der Waals surface area contributed by atoms with Crippen molar-refractivity contribution >= 4 is 6.03 Å². The molecule has 0 aliphatic heterocycles. The Labute approximate surface area is 123 Å². The number of benzene rings is 1. The Hall–Kier alpha value is -1.51. The van der Waals surface area contributed by atoms with E-state index in [1.54, 1.807) is 4.90 Å². The first kappa shape index (κ1) is 16.5. The van der Waals surface area contributed by atoms with Gasteiger partial charge in [0.2, 0.25) is 0 Å². The second-order valence-corrected chi connectivity index (χ2v) is 5.63. The minimum Gasteiger partial charge on any atom is -0.336 e. The molecule has 1 aromatic rings. The number of unbranched alkanes of at least 4 members (excludes halogenated alkanes) is 2. The molecule has 0 saturated carbocycles. The lowest BCUT2D eigenvalue weighted by atomic mass is 10.1. The summed E-state index contributed by atoms with van der Waals surface area (Å²) in [6, 6.07) is 8.44. The van der Waals surface area contributed by atoms with E-state index >= 15 is 0 Å². The number of carbonyl (C=O) groups excluding carboxylic acids is 1. The highest BCUT2D eigenvalue weighted by Gasteiger charge is 2.12. The number of amides is 2. The molecule has 1 aromatic carbocycles. The summed E-state index contributed by atoms with van der Waals surface area (Å²) < 4.78 is 0. The van der Waals surface area contributed by atoms with Gasteiger partial charge in [0.05, 0.1) is 0 Å². The van der Waals surface area contributed by atoms with Gasteiger partial charge in [-0.15, -0.1) is 0 Å². The Kier molecular flexibility index (Phi) is 7.13. The molecule has 0 saturated heterocycles. The van der Waals surface area contributed by atoms with Crippen LogP contribution in [0.1, 0.15) is 50.7 Å². The van der Waals surface area contributed by atoms with Crippen LogP contribution in [0.15, 0.2) is 24.3 Å². The zero-order chi connectivity index (χ0) is 15.0. The molecule has 0 fully saturated rings. The molecule has 3 nitrogen and oxygen atoms in total. The SMILES string of the molecule is CCCCCC(C)NC(=O)N(C)Cc1ccccc1C. The molecule has 3 heteroatoms. The number of rotatable bonds is 7. The molecule has 0 radical (unpaired) electrons. The summed E-state index contributed by atoms with van der Waals surface area (Å²) in [5.41, 5.74) is 2.42. The number of nitrogens with zero attached hydrogens (tertiary/aromatic N) is 1. The van der Waals surface area contributed by atoms with E-state index in [9.17, 15) is 4.79 Å². The number of aryl methyl sites for hydroxylation is 1. The molecule has 20 heavy (non-hydrogen) atoms. The molecule has 1 N–H and O–H groups in total. The van der Waals surface area contributed by atoms with Crippen molar-refractivity contribution in [3.8, 4) is 0 Å². The van der Waals surface area contributed by atoms with Gasteiger partial charge in [0.15, 0.2) is 0 Å². The van der Waals surface area contributed by atoms with Crippen LogP contribution in [-0.2, 0) is 6.54 Å². The third kappa shape index (κ3) is 5.64. The normalized spacial score (nSPS) is 12.0. The van der Waals surface area contributed by atoms with E-state index in [2.05, 4.69) is 38.2 Å². The molecule has 1 rings (SSSR count). The summed E-state index contributed by atoms with van der Waals surface area (Å²) >= 11 is 0. The predicted octanol–water partition coefficient (Wildman–Crippen LogP) is 4.11. The van der Waals surface area contributed by atoms with E-state index in [1.807, 2.05) is 19.2 Å². The van der Waals surface area contributed by atoms with Crippen LogP contribution in [0.5, 0.6) is 0 Å². The minimum absolute atomic E-state index is 0.0113. The van der Waals surface area contributed by atoms with Crippen LogP contribution in [0.3, 0.4) is 0 Å². The van der Waals surface area contributed by atoms with Crippen molar-refractivity contribution in [3.63, 3.8) is 0 Å². The van der Waals surface area contributed by atoms with E-state index in [-0.39, 0.29) is 12.1 Å². The minimum atomic E-state index is 0.0113. The maximum Gasteiger partial charge on any atom is 0.317 e. The van der Waals surface area contributed by atoms with Gasteiger partial charge in [-0.05, 0) is 31.4 Å². The first-order valence-electron chi connectivity index (χ1n) is 7.60. The second-order valence-electron chi connectivity index (χ2n) is 5.63. The van der Waals surface area contributed by atoms with Crippen molar-refractivity contribution in [2.75, 3.05) is 7.05 Å². The summed E-state index contributed by atoms with van der Waals surface area (Å²) in [5.74, 6) is 0. The largest absolute Gasteiger partial charge is 0.336 e. The van der Waals surface area contributed by atoms with Crippen molar-refractivity contribution in [1.82, 2.24) is 10.2 Å². The third-order valence-electron chi connectivity index (χ3n) is 3.63. The van der Waals surface area contributed by atoms with Gasteiger partial charge < -0.3 is 10.2 Å². The molecular formula is C17H28N2O. The van der Waals surface area contributed by atoms with E-state index < -0.39 is 0 Å². The predicted molar refractivity (Wildman–Crippen MR) is 84.8 cm³/mol. The van der Waals surface area contributed by atoms with Crippen molar-refractivity contribution in [3.05, 3.63) is 35.4 Å². The quantitative estimate of drug-likeness (QED) is 0.747. The Bertz CT molecular complexity index is 417. The van der Waals surface area contributed by atoms with Crippen LogP contribution in [0, 0.1) is 6.92 Å². The molecule has 1 unspecified atom stereocenters. The molecule has 0 spiro atoms. The third-order valence-corrected chi connectivity index (χ3v) is 3.63. The van der Waals surface area contributed by atoms with Crippen LogP contribution in [-0.4, -0.2) is 24.0 Å². The van der Waals surface area contributed by atoms with E-state index in [0.29, 0.717) is 6.54 Å². The molecule has 1 atom stereocenters. The van der Waals surface area contributed by atoms with Gasteiger partial charge in [-0.2, -0.15) is 0 Å². The lowest BCUT2D eigenvalue weighted by Gasteiger charge is -2.22. The molecule has 112 valence electrons. The highest BCUT2D eigenvalue weighted by Crippen LogP contribution is 2.10. The van der Waals surface area contributed by atoms with Crippen LogP contribution < -0.4 is 5.32 Å². The van der Waals surface area contributed by atoms with Crippen LogP contribution in [0.4, 0.5) is 4.79 Å². The first-order chi connectivity index (χ1) is 9.54. The van der Waals surface area contributed by atoms with Crippen molar-refractivity contribution in [1.29, 1.82) is 0 Å². The molecule has 0 heterocycles. The fraction of sp³-hybridized carbons (Fsp3) is 0.588. The Morgan fingerprint density at radius 2 is 2.00 bits per heavy atom. The topological polar surface area (TPSA) is 32.3 Å². The highest BCUT2D eigenvalue weighted by molar-refractivity contribution is 5.74. The standard InChI is InChI=1S/C17H28N2O/c1-5-6-7-11-15(3)18-17(20)19(4)13-16-12-9-8-10-14(16)2/h8-10,12,15H,5-7,11,13H2,1-4H3,(H,18,20). The number of hydrogen-bond donors (Lipinski definition) is 1. The van der Waals surface area contributed by atoms with Gasteiger partial charge >= 0.3 is 6.03 Å². The first-order valence-corrected chi connectivity index (χ1v) is 7.60. The van der Waals surface area contributed by atoms with Crippen molar-refractivity contribution in [2.45, 2.75) is 59.0 Å². The van der Waals surface area contributed by atoms with E-state index in [4.69, 9.17) is 0 Å². The van der Waals surface area contributed by atoms with Crippen LogP contribution in [0.2, 0.25) is 0 Å². The lowest BCUT2D eigenvalue weighted by molar-refractivity contribution is 0.202. The molecule has 2 amide bonds. The zero-order valence-corrected chi connectivity index (χ0v) is 13.3. The fourth-order valence-electron chi connectivity index (χ4n) is 2.21. The molecule has 0 aliphatic rings. The smallest absolute Gasteiger partial charge is 0.317 e. The van der Waals surface area contributed by atoms with Gasteiger partial charge in [-0.25, -0.2) is 4.79 Å². The number of nitrogens with one attached hydrogen (secondary N) is 1. The monoisotopic (exact) mass is 276 g/mol. The van der Waals surface area contributed by atoms with Crippen LogP contribution >= 0.6 is 0 Å². The zero-order valence-electron chi connectivity index (χ0n) is 13.3. The Morgan fingerprint density at radius 3 is 2.65 bits per heavy atom. The average Bonchev–Trinajstić information content (AvgIpc) is 2.41. The Morgan fingerprint density at radius 1 is 1.30 bits per heavy atom. The fourth-order valence-corrected chi connectivity index (χ4v) is 2.21. The Balaban J connectivity index is 2.41. The van der Waals surface area contributed by atoms with E-state index in [0.717, 1.165) is 6.42 Å². The summed E-state index contributed by atoms with van der Waals surface area (Å²) in [4.78, 5) is 13.9. The summed E-state index contributed by atoms with van der Waals surface area (Å²) in [5, 5.41) is 3.07. The van der Waals surface area contributed by atoms with Crippen LogP contribution in [0.25, 0.3) is 0 Å². The number of carbonyl (C=O) groups is 1. The van der Waals surface area contributed by atoms with Gasteiger partial charge in [0.25, 0.3) is 0 Å². The average molecular weight is 276 g/mol. The van der Waals surface area contributed by atoms with Crippen molar-refractivity contribution in [2.24, 2.45) is 0 Å². The maximum absolute atomic E-state index is 12.1. The number of urea groups is 1. The van der Waals surface area contributed by atoms with Gasteiger partial charge in [-0.3, -0.25) is 0 Å². The lowest BCUT2D eigenvalue weighted by Crippen LogP contribution is -2.41. The van der Waals surface area contributed by atoms with Crippen molar-refractivity contribution < 1.29 is 4.79 Å². The summed E-state index contributed by atoms with van der Waals surface area (Å²) in [6.45, 7) is 7.00. The molecular weight excluding hydrogens is 248 g/mol. The highest BCUT2D eigenvalue weighted by atomic mass is 16.2. The molecule has 0 aliphatic carbocycles. The van der Waals surface area contributed by atoms with E-state index in [1.165, 1.54) is 30.4 Å². The second kappa shape index (κ2) is 8.62.